The Balaban J connectivity index is 2.17. The fraction of sp³-hybridized carbons (Fsp3) is 0.455. The highest BCUT2D eigenvalue weighted by molar-refractivity contribution is 5.58. The van der Waals surface area contributed by atoms with Crippen molar-refractivity contribution in [2.45, 2.75) is 12.8 Å². The minimum absolute atomic E-state index is 0.586. The van der Waals surface area contributed by atoms with Crippen molar-refractivity contribution in [1.82, 2.24) is 0 Å². The summed E-state index contributed by atoms with van der Waals surface area (Å²) in [4.78, 5) is 6.87. The van der Waals surface area contributed by atoms with Gasteiger partial charge in [-0.3, -0.25) is 0 Å². The average Bonchev–Trinajstić information content (AvgIpc) is 2.57. The van der Waals surface area contributed by atoms with Crippen molar-refractivity contribution in [3.05, 3.63) is 29.3 Å². The lowest BCUT2D eigenvalue weighted by atomic mass is 10.1. The van der Waals surface area contributed by atoms with E-state index in [4.69, 9.17) is 5.90 Å². The lowest BCUT2D eigenvalue weighted by Crippen LogP contribution is -2.12. The Kier molecular flexibility index (Phi) is 2.70. The van der Waals surface area contributed by atoms with Gasteiger partial charge in [0, 0.05) is 19.3 Å². The molecule has 76 valence electrons. The van der Waals surface area contributed by atoms with E-state index in [9.17, 15) is 0 Å². The number of nitrogens with two attached hydrogens (primary N) is 1. The van der Waals surface area contributed by atoms with Crippen molar-refractivity contribution >= 4 is 5.69 Å². The largest absolute Gasteiger partial charge is 0.374 e. The fourth-order valence-electron chi connectivity index (χ4n) is 1.92. The molecule has 0 unspecified atom stereocenters. The maximum Gasteiger partial charge on any atom is 0.0719 e. The van der Waals surface area contributed by atoms with Gasteiger partial charge in [0.15, 0.2) is 0 Å². The average molecular weight is 192 g/mol. The normalized spacial score (nSPS) is 14.6. The molecule has 0 atom stereocenters. The van der Waals surface area contributed by atoms with E-state index in [1.54, 1.807) is 0 Å². The summed E-state index contributed by atoms with van der Waals surface area (Å²) < 4.78 is 0. The highest BCUT2D eigenvalue weighted by atomic mass is 16.6. The number of benzene rings is 1. The second-order valence-corrected chi connectivity index (χ2v) is 3.76. The summed E-state index contributed by atoms with van der Waals surface area (Å²) in [7, 11) is 2.13. The maximum absolute atomic E-state index is 5.01. The van der Waals surface area contributed by atoms with E-state index >= 15 is 0 Å². The summed E-state index contributed by atoms with van der Waals surface area (Å²) in [6.07, 6.45) is 2.05. The summed E-state index contributed by atoms with van der Waals surface area (Å²) >= 11 is 0. The SMILES string of the molecule is CN1CCc2ccc(CCON)cc21. The molecule has 2 N–H and O–H groups in total. The number of nitrogens with zero attached hydrogens (tertiary/aromatic N) is 1. The quantitative estimate of drug-likeness (QED) is 0.729. The molecule has 0 aliphatic carbocycles. The summed E-state index contributed by atoms with van der Waals surface area (Å²) in [5.41, 5.74) is 4.10. The number of anilines is 1. The number of rotatable bonds is 3. The van der Waals surface area contributed by atoms with Crippen LogP contribution in [0.1, 0.15) is 11.1 Å². The third kappa shape index (κ3) is 1.74. The van der Waals surface area contributed by atoms with Gasteiger partial charge in [-0.05, 0) is 30.0 Å². The number of fused-ring (bicyclic) bond motifs is 1. The van der Waals surface area contributed by atoms with Crippen LogP contribution in [-0.2, 0) is 17.7 Å². The van der Waals surface area contributed by atoms with Gasteiger partial charge in [-0.15, -0.1) is 0 Å². The first-order valence-corrected chi connectivity index (χ1v) is 4.96. The molecule has 1 aliphatic rings. The summed E-state index contributed by atoms with van der Waals surface area (Å²) in [6.45, 7) is 1.72. The van der Waals surface area contributed by atoms with Crippen molar-refractivity contribution in [2.75, 3.05) is 25.1 Å². The van der Waals surface area contributed by atoms with Crippen molar-refractivity contribution in [3.8, 4) is 0 Å². The van der Waals surface area contributed by atoms with E-state index in [-0.39, 0.29) is 0 Å². The van der Waals surface area contributed by atoms with Crippen molar-refractivity contribution in [3.63, 3.8) is 0 Å². The molecular formula is C11H16N2O. The first kappa shape index (κ1) is 9.49. The highest BCUT2D eigenvalue weighted by Crippen LogP contribution is 2.27. The van der Waals surface area contributed by atoms with Crippen LogP contribution in [0.4, 0.5) is 5.69 Å². The lowest BCUT2D eigenvalue weighted by Gasteiger charge is -2.12. The van der Waals surface area contributed by atoms with E-state index in [2.05, 4.69) is 35.0 Å². The molecular weight excluding hydrogens is 176 g/mol. The standard InChI is InChI=1S/C11H16N2O/c1-13-6-4-10-3-2-9(5-7-14-12)8-11(10)13/h2-3,8H,4-7,12H2,1H3. The van der Waals surface area contributed by atoms with Gasteiger partial charge in [-0.25, -0.2) is 5.90 Å². The molecule has 1 aliphatic heterocycles. The molecule has 2 rings (SSSR count). The lowest BCUT2D eigenvalue weighted by molar-refractivity contribution is 0.141. The van der Waals surface area contributed by atoms with Crippen LogP contribution in [0.25, 0.3) is 0 Å². The Morgan fingerprint density at radius 1 is 1.50 bits per heavy atom. The Morgan fingerprint density at radius 2 is 2.36 bits per heavy atom. The Hall–Kier alpha value is -1.06. The van der Waals surface area contributed by atoms with E-state index in [1.165, 1.54) is 23.2 Å². The minimum atomic E-state index is 0.586. The van der Waals surface area contributed by atoms with Crippen LogP contribution in [0, 0.1) is 0 Å². The van der Waals surface area contributed by atoms with E-state index < -0.39 is 0 Å². The minimum Gasteiger partial charge on any atom is -0.374 e. The Morgan fingerprint density at radius 3 is 3.14 bits per heavy atom. The topological polar surface area (TPSA) is 38.5 Å². The number of hydrogen-bond acceptors (Lipinski definition) is 3. The predicted octanol–water partition coefficient (Wildman–Crippen LogP) is 1.11. The molecule has 0 amide bonds. The number of likely N-dealkylation sites (N-methyl/N-ethyl adjacent to an activating group) is 1. The van der Waals surface area contributed by atoms with E-state index in [0.717, 1.165) is 13.0 Å². The molecule has 0 radical (unpaired) electrons. The molecule has 3 heteroatoms. The van der Waals surface area contributed by atoms with Crippen molar-refractivity contribution in [1.29, 1.82) is 0 Å². The van der Waals surface area contributed by atoms with Gasteiger partial charge < -0.3 is 9.74 Å². The van der Waals surface area contributed by atoms with E-state index in [1.807, 2.05) is 0 Å². The number of hydrogen-bond donors (Lipinski definition) is 1. The Labute approximate surface area is 84.4 Å². The first-order valence-electron chi connectivity index (χ1n) is 4.96. The molecule has 0 aromatic heterocycles. The third-order valence-corrected chi connectivity index (χ3v) is 2.79. The summed E-state index contributed by atoms with van der Waals surface area (Å²) in [6, 6.07) is 6.61. The van der Waals surface area contributed by atoms with Crippen LogP contribution >= 0.6 is 0 Å². The van der Waals surface area contributed by atoms with Gasteiger partial charge in [0.2, 0.25) is 0 Å². The zero-order valence-electron chi connectivity index (χ0n) is 8.49. The Bertz CT molecular complexity index is 325. The van der Waals surface area contributed by atoms with Gasteiger partial charge in [0.1, 0.15) is 0 Å². The van der Waals surface area contributed by atoms with Gasteiger partial charge in [0.05, 0.1) is 6.61 Å². The fourth-order valence-corrected chi connectivity index (χ4v) is 1.92. The summed E-state index contributed by atoms with van der Waals surface area (Å²) in [5.74, 6) is 5.01. The summed E-state index contributed by atoms with van der Waals surface area (Å²) in [5, 5.41) is 0. The first-order chi connectivity index (χ1) is 6.81. The van der Waals surface area contributed by atoms with Crippen LogP contribution in [0.2, 0.25) is 0 Å². The van der Waals surface area contributed by atoms with Crippen LogP contribution in [0.15, 0.2) is 18.2 Å². The molecule has 0 saturated carbocycles. The van der Waals surface area contributed by atoms with Gasteiger partial charge >= 0.3 is 0 Å². The molecule has 0 spiro atoms. The zero-order valence-corrected chi connectivity index (χ0v) is 8.49. The second-order valence-electron chi connectivity index (χ2n) is 3.76. The molecule has 1 heterocycles. The smallest absolute Gasteiger partial charge is 0.0719 e. The zero-order chi connectivity index (χ0) is 9.97. The maximum atomic E-state index is 5.01. The predicted molar refractivity (Wildman–Crippen MR) is 57.3 cm³/mol. The van der Waals surface area contributed by atoms with Crippen LogP contribution in [0.5, 0.6) is 0 Å². The molecule has 1 aromatic carbocycles. The van der Waals surface area contributed by atoms with Gasteiger partial charge in [-0.1, -0.05) is 12.1 Å². The third-order valence-electron chi connectivity index (χ3n) is 2.79. The van der Waals surface area contributed by atoms with E-state index in [0.29, 0.717) is 6.61 Å². The van der Waals surface area contributed by atoms with Crippen LogP contribution in [-0.4, -0.2) is 20.2 Å². The molecule has 14 heavy (non-hydrogen) atoms. The van der Waals surface area contributed by atoms with Crippen molar-refractivity contribution < 1.29 is 4.84 Å². The molecule has 0 fully saturated rings. The van der Waals surface area contributed by atoms with Crippen LogP contribution in [0.3, 0.4) is 0 Å². The van der Waals surface area contributed by atoms with Crippen molar-refractivity contribution in [2.24, 2.45) is 5.90 Å². The highest BCUT2D eigenvalue weighted by Gasteiger charge is 2.15. The molecule has 1 aromatic rings. The second kappa shape index (κ2) is 3.98. The molecule has 0 saturated heterocycles. The monoisotopic (exact) mass is 192 g/mol. The van der Waals surface area contributed by atoms with Gasteiger partial charge in [-0.2, -0.15) is 0 Å². The molecule has 3 nitrogen and oxygen atoms in total. The molecule has 0 bridgehead atoms. The van der Waals surface area contributed by atoms with Crippen LogP contribution < -0.4 is 10.8 Å². The van der Waals surface area contributed by atoms with Gasteiger partial charge in [0.25, 0.3) is 0 Å².